The van der Waals surface area contributed by atoms with Crippen LogP contribution in [0.1, 0.15) is 16.8 Å². The van der Waals surface area contributed by atoms with Crippen LogP contribution in [0.25, 0.3) is 0 Å². The van der Waals surface area contributed by atoms with Crippen molar-refractivity contribution in [3.63, 3.8) is 0 Å². The number of hydrogen-bond donors (Lipinski definition) is 0. The Morgan fingerprint density at radius 1 is 1.27 bits per heavy atom. The second kappa shape index (κ2) is 7.56. The molecule has 1 saturated heterocycles. The summed E-state index contributed by atoms with van der Waals surface area (Å²) in [6.07, 6.45) is 0.323. The van der Waals surface area contributed by atoms with Crippen LogP contribution in [0.15, 0.2) is 18.2 Å². The van der Waals surface area contributed by atoms with Crippen molar-refractivity contribution in [2.75, 3.05) is 39.8 Å². The minimum absolute atomic E-state index is 0.0767. The minimum Gasteiger partial charge on any atom is -0.469 e. The third-order valence-electron chi connectivity index (χ3n) is 3.70. The van der Waals surface area contributed by atoms with Crippen molar-refractivity contribution in [2.45, 2.75) is 6.42 Å². The first kappa shape index (κ1) is 16.7. The molecule has 2 rings (SSSR count). The zero-order chi connectivity index (χ0) is 16.1. The predicted molar refractivity (Wildman–Crippen MR) is 80.4 cm³/mol. The first-order valence-corrected chi connectivity index (χ1v) is 7.43. The van der Waals surface area contributed by atoms with E-state index in [0.717, 1.165) is 0 Å². The number of rotatable bonds is 4. The van der Waals surface area contributed by atoms with Crippen LogP contribution in [-0.2, 0) is 9.53 Å². The van der Waals surface area contributed by atoms with Gasteiger partial charge >= 0.3 is 5.97 Å². The monoisotopic (exact) mass is 328 g/mol. The van der Waals surface area contributed by atoms with Gasteiger partial charge in [0.05, 0.1) is 24.1 Å². The number of nitrogens with zero attached hydrogens (tertiary/aromatic N) is 2. The zero-order valence-corrected chi connectivity index (χ0v) is 13.1. The van der Waals surface area contributed by atoms with E-state index in [-0.39, 0.29) is 16.6 Å². The number of carbonyl (C=O) groups excluding carboxylic acids is 2. The molecule has 0 N–H and O–H groups in total. The van der Waals surface area contributed by atoms with Crippen LogP contribution in [0.4, 0.5) is 4.39 Å². The topological polar surface area (TPSA) is 49.9 Å². The molecule has 0 unspecified atom stereocenters. The van der Waals surface area contributed by atoms with Gasteiger partial charge in [-0.1, -0.05) is 17.7 Å². The van der Waals surface area contributed by atoms with Crippen molar-refractivity contribution < 1.29 is 18.7 Å². The van der Waals surface area contributed by atoms with Crippen LogP contribution in [-0.4, -0.2) is 61.5 Å². The third-order valence-corrected chi connectivity index (χ3v) is 4.01. The van der Waals surface area contributed by atoms with Crippen molar-refractivity contribution in [3.05, 3.63) is 34.6 Å². The highest BCUT2D eigenvalue weighted by Crippen LogP contribution is 2.21. The van der Waals surface area contributed by atoms with Gasteiger partial charge in [0.15, 0.2) is 0 Å². The third kappa shape index (κ3) is 3.96. The molecule has 0 aromatic heterocycles. The number of methoxy groups -OCH3 is 1. The maximum Gasteiger partial charge on any atom is 0.306 e. The minimum atomic E-state index is -0.606. The summed E-state index contributed by atoms with van der Waals surface area (Å²) in [5.74, 6) is -1.25. The summed E-state index contributed by atoms with van der Waals surface area (Å²) in [7, 11) is 1.36. The lowest BCUT2D eigenvalue weighted by Gasteiger charge is -2.34. The molecule has 5 nitrogen and oxygen atoms in total. The maximum absolute atomic E-state index is 13.8. The van der Waals surface area contributed by atoms with Gasteiger partial charge in [-0.25, -0.2) is 4.39 Å². The van der Waals surface area contributed by atoms with E-state index >= 15 is 0 Å². The van der Waals surface area contributed by atoms with Crippen molar-refractivity contribution in [1.29, 1.82) is 0 Å². The highest BCUT2D eigenvalue weighted by atomic mass is 35.5. The molecule has 1 amide bonds. The molecule has 1 aromatic carbocycles. The molecule has 1 aliphatic heterocycles. The van der Waals surface area contributed by atoms with Crippen LogP contribution in [0.5, 0.6) is 0 Å². The predicted octanol–water partition coefficient (Wildman–Crippen LogP) is 1.80. The Morgan fingerprint density at radius 2 is 1.95 bits per heavy atom. The van der Waals surface area contributed by atoms with Crippen molar-refractivity contribution in [2.24, 2.45) is 0 Å². The van der Waals surface area contributed by atoms with Crippen molar-refractivity contribution in [1.82, 2.24) is 9.80 Å². The van der Waals surface area contributed by atoms with E-state index < -0.39 is 11.7 Å². The number of ether oxygens (including phenoxy) is 1. The molecular formula is C15H18ClFN2O3. The van der Waals surface area contributed by atoms with Gasteiger partial charge in [-0.2, -0.15) is 0 Å². The molecule has 1 aliphatic rings. The SMILES string of the molecule is COC(=O)CCN1CCN(C(=O)c2c(F)cccc2Cl)CC1. The Morgan fingerprint density at radius 3 is 2.55 bits per heavy atom. The highest BCUT2D eigenvalue weighted by molar-refractivity contribution is 6.33. The fraction of sp³-hybridized carbons (Fsp3) is 0.467. The average molecular weight is 329 g/mol. The van der Waals surface area contributed by atoms with Crippen molar-refractivity contribution >= 4 is 23.5 Å². The quantitative estimate of drug-likeness (QED) is 0.791. The van der Waals surface area contributed by atoms with Gasteiger partial charge in [-0.05, 0) is 12.1 Å². The first-order valence-electron chi connectivity index (χ1n) is 7.05. The molecule has 0 spiro atoms. The number of amides is 1. The van der Waals surface area contributed by atoms with Crippen LogP contribution in [0.3, 0.4) is 0 Å². The van der Waals surface area contributed by atoms with Gasteiger partial charge in [0, 0.05) is 32.7 Å². The van der Waals surface area contributed by atoms with Crippen LogP contribution in [0.2, 0.25) is 5.02 Å². The molecule has 0 radical (unpaired) electrons. The van der Waals surface area contributed by atoms with E-state index in [9.17, 15) is 14.0 Å². The Labute approximate surface area is 133 Å². The van der Waals surface area contributed by atoms with E-state index in [2.05, 4.69) is 9.64 Å². The van der Waals surface area contributed by atoms with E-state index in [0.29, 0.717) is 39.1 Å². The molecule has 1 aromatic rings. The van der Waals surface area contributed by atoms with Crippen LogP contribution in [0, 0.1) is 5.82 Å². The number of benzene rings is 1. The highest BCUT2D eigenvalue weighted by Gasteiger charge is 2.25. The fourth-order valence-electron chi connectivity index (χ4n) is 2.39. The maximum atomic E-state index is 13.8. The second-order valence-corrected chi connectivity index (χ2v) is 5.46. The summed E-state index contributed by atoms with van der Waals surface area (Å²) in [6, 6.07) is 4.20. The molecule has 22 heavy (non-hydrogen) atoms. The Bertz CT molecular complexity index is 539. The number of carbonyl (C=O) groups is 2. The molecule has 0 bridgehead atoms. The lowest BCUT2D eigenvalue weighted by molar-refractivity contribution is -0.141. The first-order chi connectivity index (χ1) is 10.5. The van der Waals surface area contributed by atoms with Gasteiger partial charge in [0.1, 0.15) is 5.82 Å². The van der Waals surface area contributed by atoms with Gasteiger partial charge in [0.25, 0.3) is 5.91 Å². The lowest BCUT2D eigenvalue weighted by atomic mass is 10.1. The average Bonchev–Trinajstić information content (AvgIpc) is 2.52. The molecule has 0 aliphatic carbocycles. The van der Waals surface area contributed by atoms with Crippen LogP contribution >= 0.6 is 11.6 Å². The van der Waals surface area contributed by atoms with E-state index in [4.69, 9.17) is 11.6 Å². The van der Waals surface area contributed by atoms with E-state index in [1.54, 1.807) is 4.90 Å². The van der Waals surface area contributed by atoms with Gasteiger partial charge in [-0.3, -0.25) is 14.5 Å². The Balaban J connectivity index is 1.91. The van der Waals surface area contributed by atoms with E-state index in [1.165, 1.54) is 25.3 Å². The van der Waals surface area contributed by atoms with Gasteiger partial charge in [0.2, 0.25) is 0 Å². The summed E-state index contributed by atoms with van der Waals surface area (Å²) in [4.78, 5) is 27.1. The number of hydrogen-bond acceptors (Lipinski definition) is 4. The van der Waals surface area contributed by atoms with Gasteiger partial charge in [-0.15, -0.1) is 0 Å². The summed E-state index contributed by atoms with van der Waals surface area (Å²) >= 11 is 5.92. The Hall–Kier alpha value is -1.66. The smallest absolute Gasteiger partial charge is 0.306 e. The molecule has 0 saturated carbocycles. The zero-order valence-electron chi connectivity index (χ0n) is 12.3. The molecular weight excluding hydrogens is 311 g/mol. The summed E-state index contributed by atoms with van der Waals surface area (Å²) in [5.41, 5.74) is -0.0767. The van der Waals surface area contributed by atoms with E-state index in [1.807, 2.05) is 0 Å². The number of halogens is 2. The van der Waals surface area contributed by atoms with Crippen molar-refractivity contribution in [3.8, 4) is 0 Å². The summed E-state index contributed by atoms with van der Waals surface area (Å²) in [5, 5.41) is 0.123. The summed E-state index contributed by atoms with van der Waals surface area (Å²) < 4.78 is 18.4. The number of esters is 1. The Kier molecular flexibility index (Phi) is 5.74. The normalized spacial score (nSPS) is 15.7. The molecule has 120 valence electrons. The summed E-state index contributed by atoms with van der Waals surface area (Å²) in [6.45, 7) is 2.81. The molecule has 1 heterocycles. The largest absolute Gasteiger partial charge is 0.469 e. The second-order valence-electron chi connectivity index (χ2n) is 5.06. The molecule has 1 fully saturated rings. The molecule has 0 atom stereocenters. The van der Waals surface area contributed by atoms with Gasteiger partial charge < -0.3 is 9.64 Å². The molecule has 7 heteroatoms. The number of piperazine rings is 1. The fourth-order valence-corrected chi connectivity index (χ4v) is 2.63. The van der Waals surface area contributed by atoms with Crippen LogP contribution < -0.4 is 0 Å². The lowest BCUT2D eigenvalue weighted by Crippen LogP contribution is -2.49. The standard InChI is InChI=1S/C15H18ClFN2O3/c1-22-13(20)5-6-18-7-9-19(10-8-18)15(21)14-11(16)3-2-4-12(14)17/h2-4H,5-10H2,1H3.